The van der Waals surface area contributed by atoms with Crippen molar-refractivity contribution in [3.63, 3.8) is 0 Å². The quantitative estimate of drug-likeness (QED) is 0.809. The Kier molecular flexibility index (Phi) is 5.09. The minimum atomic E-state index is -0.336. The van der Waals surface area contributed by atoms with E-state index in [4.69, 9.17) is 0 Å². The molecule has 132 valence electrons. The van der Waals surface area contributed by atoms with E-state index in [0.29, 0.717) is 17.0 Å². The van der Waals surface area contributed by atoms with Gasteiger partial charge in [0.1, 0.15) is 0 Å². The van der Waals surface area contributed by atoms with Crippen molar-refractivity contribution in [3.8, 4) is 6.07 Å². The number of carbonyl (C=O) groups excluding carboxylic acids is 1. The standard InChI is InChI=1S/C22H23N3O/c1-3-22(4-2)14-16-10-8-9-13-18(16)20(19(22)15-23)25-21(26)24-17-11-6-5-7-12-17/h5-13H,3-4,14H2,1-2H3,(H2,24,25,26). The Morgan fingerprint density at radius 2 is 1.69 bits per heavy atom. The van der Waals surface area contributed by atoms with Crippen LogP contribution in [0.3, 0.4) is 0 Å². The van der Waals surface area contributed by atoms with E-state index in [1.807, 2.05) is 48.5 Å². The number of urea groups is 1. The molecule has 1 aliphatic carbocycles. The second-order valence-electron chi connectivity index (χ2n) is 6.63. The molecule has 0 aromatic heterocycles. The summed E-state index contributed by atoms with van der Waals surface area (Å²) in [7, 11) is 0. The van der Waals surface area contributed by atoms with Gasteiger partial charge in [-0.25, -0.2) is 4.79 Å². The second-order valence-corrected chi connectivity index (χ2v) is 6.63. The van der Waals surface area contributed by atoms with Gasteiger partial charge in [-0.1, -0.05) is 56.3 Å². The van der Waals surface area contributed by atoms with Gasteiger partial charge in [-0.2, -0.15) is 5.26 Å². The van der Waals surface area contributed by atoms with Crippen LogP contribution in [0.25, 0.3) is 5.70 Å². The highest BCUT2D eigenvalue weighted by atomic mass is 16.2. The summed E-state index contributed by atoms with van der Waals surface area (Å²) in [5.41, 5.74) is 3.88. The number of nitriles is 1. The number of hydrogen-bond acceptors (Lipinski definition) is 2. The van der Waals surface area contributed by atoms with Crippen LogP contribution in [-0.2, 0) is 6.42 Å². The molecule has 2 amide bonds. The molecular weight excluding hydrogens is 322 g/mol. The van der Waals surface area contributed by atoms with E-state index >= 15 is 0 Å². The maximum absolute atomic E-state index is 12.6. The first kappa shape index (κ1) is 17.8. The molecule has 3 rings (SSSR count). The van der Waals surface area contributed by atoms with E-state index in [-0.39, 0.29) is 11.4 Å². The molecule has 0 saturated carbocycles. The van der Waals surface area contributed by atoms with E-state index < -0.39 is 0 Å². The average molecular weight is 345 g/mol. The number of hydrogen-bond donors (Lipinski definition) is 2. The Morgan fingerprint density at radius 3 is 2.35 bits per heavy atom. The molecule has 0 saturated heterocycles. The Bertz CT molecular complexity index is 874. The number of nitrogens with one attached hydrogen (secondary N) is 2. The van der Waals surface area contributed by atoms with Crippen LogP contribution < -0.4 is 10.6 Å². The van der Waals surface area contributed by atoms with Gasteiger partial charge < -0.3 is 10.6 Å². The fourth-order valence-corrected chi connectivity index (χ4v) is 3.73. The van der Waals surface area contributed by atoms with Crippen molar-refractivity contribution in [2.45, 2.75) is 33.1 Å². The highest BCUT2D eigenvalue weighted by molar-refractivity contribution is 5.97. The Hall–Kier alpha value is -3.06. The van der Waals surface area contributed by atoms with Crippen molar-refractivity contribution in [2.75, 3.05) is 5.32 Å². The van der Waals surface area contributed by atoms with Crippen molar-refractivity contribution in [3.05, 3.63) is 71.3 Å². The van der Waals surface area contributed by atoms with Crippen LogP contribution in [0, 0.1) is 16.7 Å². The molecule has 1 aliphatic rings. The number of para-hydroxylation sites is 1. The molecule has 4 nitrogen and oxygen atoms in total. The number of carbonyl (C=O) groups is 1. The van der Waals surface area contributed by atoms with Crippen molar-refractivity contribution in [1.29, 1.82) is 5.26 Å². The first-order valence-corrected chi connectivity index (χ1v) is 8.99. The molecule has 4 heteroatoms. The van der Waals surface area contributed by atoms with E-state index in [1.165, 1.54) is 5.56 Å². The zero-order chi connectivity index (χ0) is 18.6. The fraction of sp³-hybridized carbons (Fsp3) is 0.273. The van der Waals surface area contributed by atoms with E-state index in [9.17, 15) is 10.1 Å². The topological polar surface area (TPSA) is 64.9 Å². The summed E-state index contributed by atoms with van der Waals surface area (Å²) < 4.78 is 0. The summed E-state index contributed by atoms with van der Waals surface area (Å²) in [6, 6.07) is 19.3. The zero-order valence-corrected chi connectivity index (χ0v) is 15.2. The van der Waals surface area contributed by atoms with Gasteiger partial charge in [0.15, 0.2) is 0 Å². The monoisotopic (exact) mass is 345 g/mol. The average Bonchev–Trinajstić information content (AvgIpc) is 2.68. The first-order valence-electron chi connectivity index (χ1n) is 8.99. The van der Waals surface area contributed by atoms with Crippen LogP contribution in [0.4, 0.5) is 10.5 Å². The minimum Gasteiger partial charge on any atom is -0.308 e. The second kappa shape index (κ2) is 7.45. The molecule has 0 spiro atoms. The van der Waals surface area contributed by atoms with Gasteiger partial charge in [0.2, 0.25) is 0 Å². The molecule has 2 aromatic carbocycles. The van der Waals surface area contributed by atoms with Crippen molar-refractivity contribution < 1.29 is 4.79 Å². The van der Waals surface area contributed by atoms with Gasteiger partial charge in [0.25, 0.3) is 0 Å². The Morgan fingerprint density at radius 1 is 1.04 bits per heavy atom. The molecule has 0 aliphatic heterocycles. The lowest BCUT2D eigenvalue weighted by atomic mass is 9.66. The maximum atomic E-state index is 12.6. The van der Waals surface area contributed by atoms with Gasteiger partial charge in [-0.15, -0.1) is 0 Å². The van der Waals surface area contributed by atoms with E-state index in [1.54, 1.807) is 0 Å². The molecular formula is C22H23N3O. The van der Waals surface area contributed by atoms with Gasteiger partial charge in [-0.3, -0.25) is 0 Å². The first-order chi connectivity index (χ1) is 12.6. The zero-order valence-electron chi connectivity index (χ0n) is 15.2. The molecule has 0 heterocycles. The summed E-state index contributed by atoms with van der Waals surface area (Å²) in [5.74, 6) is 0. The molecule has 26 heavy (non-hydrogen) atoms. The van der Waals surface area contributed by atoms with Crippen LogP contribution in [0.5, 0.6) is 0 Å². The maximum Gasteiger partial charge on any atom is 0.323 e. The number of anilines is 1. The highest BCUT2D eigenvalue weighted by Gasteiger charge is 2.39. The van der Waals surface area contributed by atoms with Gasteiger partial charge >= 0.3 is 6.03 Å². The van der Waals surface area contributed by atoms with Crippen molar-refractivity contribution in [2.24, 2.45) is 5.41 Å². The minimum absolute atomic E-state index is 0.238. The number of allylic oxidation sites excluding steroid dienone is 1. The van der Waals surface area contributed by atoms with Crippen LogP contribution in [-0.4, -0.2) is 6.03 Å². The molecule has 2 N–H and O–H groups in total. The molecule has 0 fully saturated rings. The van der Waals surface area contributed by atoms with Gasteiger partial charge in [0, 0.05) is 16.7 Å². The van der Waals surface area contributed by atoms with Gasteiger partial charge in [0.05, 0.1) is 17.3 Å². The Labute approximate surface area is 154 Å². The smallest absolute Gasteiger partial charge is 0.308 e. The highest BCUT2D eigenvalue weighted by Crippen LogP contribution is 2.46. The molecule has 0 unspecified atom stereocenters. The molecule has 0 radical (unpaired) electrons. The third-order valence-corrected chi connectivity index (χ3v) is 5.33. The Balaban J connectivity index is 2.01. The third-order valence-electron chi connectivity index (χ3n) is 5.33. The molecule has 0 atom stereocenters. The van der Waals surface area contributed by atoms with E-state index in [2.05, 4.69) is 36.6 Å². The van der Waals surface area contributed by atoms with Crippen molar-refractivity contribution >= 4 is 17.4 Å². The summed E-state index contributed by atoms with van der Waals surface area (Å²) in [4.78, 5) is 12.6. The predicted octanol–water partition coefficient (Wildman–Crippen LogP) is 5.11. The lowest BCUT2D eigenvalue weighted by molar-refractivity contribution is 0.255. The van der Waals surface area contributed by atoms with Crippen LogP contribution in [0.1, 0.15) is 37.8 Å². The normalized spacial score (nSPS) is 15.0. The SMILES string of the molecule is CCC1(CC)Cc2ccccc2C(NC(=O)Nc2ccccc2)=C1C#N. The molecule has 2 aromatic rings. The lowest BCUT2D eigenvalue weighted by Crippen LogP contribution is -2.36. The fourth-order valence-electron chi connectivity index (χ4n) is 3.73. The largest absolute Gasteiger partial charge is 0.323 e. The van der Waals surface area contributed by atoms with Crippen LogP contribution >= 0.6 is 0 Å². The van der Waals surface area contributed by atoms with E-state index in [0.717, 1.165) is 24.8 Å². The summed E-state index contributed by atoms with van der Waals surface area (Å²) >= 11 is 0. The van der Waals surface area contributed by atoms with Crippen LogP contribution in [0.15, 0.2) is 60.2 Å². The predicted molar refractivity (Wildman–Crippen MR) is 104 cm³/mol. The number of rotatable bonds is 4. The lowest BCUT2D eigenvalue weighted by Gasteiger charge is -2.38. The summed E-state index contributed by atoms with van der Waals surface area (Å²) in [6.45, 7) is 4.22. The number of benzene rings is 2. The third kappa shape index (κ3) is 3.21. The summed E-state index contributed by atoms with van der Waals surface area (Å²) in [5, 5.41) is 15.7. The van der Waals surface area contributed by atoms with Crippen LogP contribution in [0.2, 0.25) is 0 Å². The van der Waals surface area contributed by atoms with Gasteiger partial charge in [-0.05, 0) is 37.0 Å². The number of nitrogens with zero attached hydrogens (tertiary/aromatic N) is 1. The number of fused-ring (bicyclic) bond motifs is 1. The van der Waals surface area contributed by atoms with Crippen molar-refractivity contribution in [1.82, 2.24) is 5.32 Å². The number of amides is 2. The molecule has 0 bridgehead atoms. The summed E-state index contributed by atoms with van der Waals surface area (Å²) in [6.07, 6.45) is 2.53.